The number of carbonyl (C=O) groups excluding carboxylic acids is 1. The number of benzene rings is 1. The molecular formula is C16H20N2O2S. The molecule has 0 saturated carbocycles. The summed E-state index contributed by atoms with van der Waals surface area (Å²) in [6.45, 7) is 2.71. The first-order valence-electron chi connectivity index (χ1n) is 7.19. The van der Waals surface area contributed by atoms with Gasteiger partial charge in [-0.1, -0.05) is 25.5 Å². The van der Waals surface area contributed by atoms with Crippen molar-refractivity contribution in [2.45, 2.75) is 32.6 Å². The molecule has 0 atom stereocenters. The summed E-state index contributed by atoms with van der Waals surface area (Å²) in [5, 5.41) is 5.24. The molecule has 0 radical (unpaired) electrons. The lowest BCUT2D eigenvalue weighted by Crippen LogP contribution is -2.12. The molecule has 0 aliphatic heterocycles. The molecule has 0 spiro atoms. The molecule has 1 aromatic heterocycles. The molecule has 21 heavy (non-hydrogen) atoms. The summed E-state index contributed by atoms with van der Waals surface area (Å²) in [5.74, 6) is 0.835. The number of aromatic nitrogens is 1. The van der Waals surface area contributed by atoms with Gasteiger partial charge in [-0.05, 0) is 30.5 Å². The fourth-order valence-electron chi connectivity index (χ4n) is 1.93. The smallest absolute Gasteiger partial charge is 0.226 e. The molecule has 1 heterocycles. The van der Waals surface area contributed by atoms with Gasteiger partial charge in [0.1, 0.15) is 5.75 Å². The molecule has 0 aliphatic carbocycles. The van der Waals surface area contributed by atoms with E-state index < -0.39 is 0 Å². The van der Waals surface area contributed by atoms with Crippen molar-refractivity contribution in [1.82, 2.24) is 4.98 Å². The number of anilines is 1. The molecule has 0 fully saturated rings. The third-order valence-electron chi connectivity index (χ3n) is 2.96. The van der Waals surface area contributed by atoms with Crippen LogP contribution in [0.2, 0.25) is 0 Å². The Kier molecular flexibility index (Phi) is 6.22. The van der Waals surface area contributed by atoms with Crippen LogP contribution in [0.15, 0.2) is 35.8 Å². The Labute approximate surface area is 129 Å². The van der Waals surface area contributed by atoms with Crippen LogP contribution >= 0.6 is 11.3 Å². The van der Waals surface area contributed by atoms with Crippen LogP contribution in [-0.4, -0.2) is 17.5 Å². The largest absolute Gasteiger partial charge is 0.494 e. The fraction of sp³-hybridized carbons (Fsp3) is 0.375. The van der Waals surface area contributed by atoms with Gasteiger partial charge >= 0.3 is 0 Å². The van der Waals surface area contributed by atoms with E-state index >= 15 is 0 Å². The van der Waals surface area contributed by atoms with Gasteiger partial charge in [-0.3, -0.25) is 4.79 Å². The number of aryl methyl sites for hydroxylation is 1. The Balaban J connectivity index is 1.63. The highest BCUT2D eigenvalue weighted by molar-refractivity contribution is 7.13. The van der Waals surface area contributed by atoms with Crippen LogP contribution in [0.4, 0.5) is 5.13 Å². The lowest BCUT2D eigenvalue weighted by molar-refractivity contribution is -0.116. The molecule has 5 heteroatoms. The van der Waals surface area contributed by atoms with Crippen molar-refractivity contribution >= 4 is 22.4 Å². The van der Waals surface area contributed by atoms with Crippen molar-refractivity contribution in [3.8, 4) is 5.75 Å². The van der Waals surface area contributed by atoms with Crippen molar-refractivity contribution in [2.24, 2.45) is 0 Å². The number of nitrogens with one attached hydrogen (secondary N) is 1. The van der Waals surface area contributed by atoms with Gasteiger partial charge in [0.2, 0.25) is 5.91 Å². The maximum absolute atomic E-state index is 11.6. The van der Waals surface area contributed by atoms with Gasteiger partial charge in [0.15, 0.2) is 5.13 Å². The van der Waals surface area contributed by atoms with Crippen LogP contribution in [0.5, 0.6) is 5.75 Å². The predicted octanol–water partition coefficient (Wildman–Crippen LogP) is 3.89. The zero-order valence-corrected chi connectivity index (χ0v) is 13.0. The molecule has 0 unspecified atom stereocenters. The van der Waals surface area contributed by atoms with E-state index in [0.717, 1.165) is 18.6 Å². The van der Waals surface area contributed by atoms with Gasteiger partial charge in [-0.25, -0.2) is 4.98 Å². The number of amides is 1. The zero-order valence-electron chi connectivity index (χ0n) is 12.2. The topological polar surface area (TPSA) is 51.2 Å². The summed E-state index contributed by atoms with van der Waals surface area (Å²) in [6.07, 6.45) is 5.04. The number of carbonyl (C=O) groups is 1. The van der Waals surface area contributed by atoms with E-state index in [1.54, 1.807) is 6.20 Å². The third kappa shape index (κ3) is 5.55. The fourth-order valence-corrected chi connectivity index (χ4v) is 2.48. The maximum Gasteiger partial charge on any atom is 0.226 e. The molecule has 1 aromatic carbocycles. The highest BCUT2D eigenvalue weighted by atomic mass is 32.1. The van der Waals surface area contributed by atoms with Gasteiger partial charge in [0.25, 0.3) is 0 Å². The summed E-state index contributed by atoms with van der Waals surface area (Å²) >= 11 is 1.42. The van der Waals surface area contributed by atoms with Crippen molar-refractivity contribution in [3.05, 3.63) is 41.4 Å². The van der Waals surface area contributed by atoms with E-state index in [1.807, 2.05) is 17.5 Å². The zero-order chi connectivity index (χ0) is 14.9. The lowest BCUT2D eigenvalue weighted by Gasteiger charge is -2.07. The summed E-state index contributed by atoms with van der Waals surface area (Å²) in [4.78, 5) is 15.6. The average molecular weight is 304 g/mol. The quantitative estimate of drug-likeness (QED) is 0.753. The first-order valence-corrected chi connectivity index (χ1v) is 8.07. The molecule has 112 valence electrons. The second-order valence-corrected chi connectivity index (χ2v) is 5.63. The standard InChI is InChI=1S/C16H20N2O2S/c1-2-4-13-6-8-14(9-7-13)20-11-3-5-15(19)18-16-17-10-12-21-16/h6-10,12H,2-5,11H2,1H3,(H,17,18,19). The molecule has 1 amide bonds. The molecule has 1 N–H and O–H groups in total. The summed E-state index contributed by atoms with van der Waals surface area (Å²) in [6, 6.07) is 8.16. The van der Waals surface area contributed by atoms with Gasteiger partial charge in [0.05, 0.1) is 6.61 Å². The number of thiazole rings is 1. The van der Waals surface area contributed by atoms with Crippen LogP contribution in [0.25, 0.3) is 0 Å². The normalized spacial score (nSPS) is 10.3. The first-order chi connectivity index (χ1) is 10.3. The number of rotatable bonds is 8. The van der Waals surface area contributed by atoms with E-state index in [-0.39, 0.29) is 5.91 Å². The van der Waals surface area contributed by atoms with E-state index in [2.05, 4.69) is 29.4 Å². The van der Waals surface area contributed by atoms with E-state index in [0.29, 0.717) is 24.6 Å². The van der Waals surface area contributed by atoms with Gasteiger partial charge < -0.3 is 10.1 Å². The Morgan fingerprint density at radius 3 is 2.81 bits per heavy atom. The summed E-state index contributed by atoms with van der Waals surface area (Å²) < 4.78 is 5.63. The number of ether oxygens (including phenoxy) is 1. The molecule has 2 aromatic rings. The lowest BCUT2D eigenvalue weighted by atomic mass is 10.1. The molecule has 0 saturated heterocycles. The van der Waals surface area contributed by atoms with E-state index in [9.17, 15) is 4.79 Å². The van der Waals surface area contributed by atoms with Crippen molar-refractivity contribution in [1.29, 1.82) is 0 Å². The van der Waals surface area contributed by atoms with Gasteiger partial charge in [-0.15, -0.1) is 11.3 Å². The SMILES string of the molecule is CCCc1ccc(OCCCC(=O)Nc2nccs2)cc1. The van der Waals surface area contributed by atoms with Crippen molar-refractivity contribution in [3.63, 3.8) is 0 Å². The van der Waals surface area contributed by atoms with E-state index in [1.165, 1.54) is 16.9 Å². The number of nitrogens with zero attached hydrogens (tertiary/aromatic N) is 1. The molecule has 2 rings (SSSR count). The van der Waals surface area contributed by atoms with Crippen LogP contribution in [0, 0.1) is 0 Å². The Morgan fingerprint density at radius 2 is 2.14 bits per heavy atom. The Bertz CT molecular complexity index is 538. The molecule has 0 aliphatic rings. The minimum Gasteiger partial charge on any atom is -0.494 e. The third-order valence-corrected chi connectivity index (χ3v) is 3.65. The predicted molar refractivity (Wildman–Crippen MR) is 85.9 cm³/mol. The van der Waals surface area contributed by atoms with E-state index in [4.69, 9.17) is 4.74 Å². The van der Waals surface area contributed by atoms with Crippen LogP contribution in [0.1, 0.15) is 31.7 Å². The van der Waals surface area contributed by atoms with Crippen LogP contribution < -0.4 is 10.1 Å². The second-order valence-electron chi connectivity index (χ2n) is 4.73. The van der Waals surface area contributed by atoms with Crippen LogP contribution in [0.3, 0.4) is 0 Å². The molecular weight excluding hydrogens is 284 g/mol. The molecule has 0 bridgehead atoms. The van der Waals surface area contributed by atoms with Crippen molar-refractivity contribution < 1.29 is 9.53 Å². The summed E-state index contributed by atoms with van der Waals surface area (Å²) in [5.41, 5.74) is 1.33. The monoisotopic (exact) mass is 304 g/mol. The summed E-state index contributed by atoms with van der Waals surface area (Å²) in [7, 11) is 0. The van der Waals surface area contributed by atoms with Crippen LogP contribution in [-0.2, 0) is 11.2 Å². The number of hydrogen-bond donors (Lipinski definition) is 1. The van der Waals surface area contributed by atoms with Crippen molar-refractivity contribution in [2.75, 3.05) is 11.9 Å². The highest BCUT2D eigenvalue weighted by Gasteiger charge is 2.04. The molecule has 4 nitrogen and oxygen atoms in total. The highest BCUT2D eigenvalue weighted by Crippen LogP contribution is 2.14. The Hall–Kier alpha value is -1.88. The Morgan fingerprint density at radius 1 is 1.33 bits per heavy atom. The minimum atomic E-state index is -0.0214. The first kappa shape index (κ1) is 15.5. The second kappa shape index (κ2) is 8.42. The maximum atomic E-state index is 11.6. The average Bonchev–Trinajstić information content (AvgIpc) is 2.98. The minimum absolute atomic E-state index is 0.0214. The van der Waals surface area contributed by atoms with Gasteiger partial charge in [0, 0.05) is 18.0 Å². The van der Waals surface area contributed by atoms with Gasteiger partial charge in [-0.2, -0.15) is 0 Å². The number of hydrogen-bond acceptors (Lipinski definition) is 4.